The first-order valence-corrected chi connectivity index (χ1v) is 8.82. The molecule has 136 valence electrons. The molecule has 2 unspecified atom stereocenters. The topological polar surface area (TPSA) is 81.4 Å². The Kier molecular flexibility index (Phi) is 8.50. The van der Waals surface area contributed by atoms with Crippen LogP contribution in [0.25, 0.3) is 0 Å². The quantitative estimate of drug-likeness (QED) is 0.658. The van der Waals surface area contributed by atoms with Crippen molar-refractivity contribution in [1.29, 1.82) is 0 Å². The van der Waals surface area contributed by atoms with Crippen molar-refractivity contribution in [2.45, 2.75) is 72.3 Å². The normalized spacial score (nSPS) is 13.6. The summed E-state index contributed by atoms with van der Waals surface area (Å²) in [5, 5.41) is 6.65. The van der Waals surface area contributed by atoms with Gasteiger partial charge in [0.05, 0.1) is 12.3 Å². The lowest BCUT2D eigenvalue weighted by Gasteiger charge is -2.18. The number of hydrogen-bond acceptors (Lipinski definition) is 5. The van der Waals surface area contributed by atoms with Crippen LogP contribution in [0.5, 0.6) is 0 Å². The molecule has 24 heavy (non-hydrogen) atoms. The Morgan fingerprint density at radius 2 is 1.96 bits per heavy atom. The van der Waals surface area contributed by atoms with Crippen LogP contribution in [-0.2, 0) is 9.53 Å². The van der Waals surface area contributed by atoms with Crippen LogP contribution in [0.2, 0.25) is 0 Å². The van der Waals surface area contributed by atoms with Crippen LogP contribution < -0.4 is 5.32 Å². The average molecular weight is 338 g/mol. The van der Waals surface area contributed by atoms with Crippen LogP contribution in [0, 0.1) is 5.92 Å². The Bertz CT molecular complexity index is 525. The third kappa shape index (κ3) is 5.98. The minimum atomic E-state index is -0.642. The summed E-state index contributed by atoms with van der Waals surface area (Å²) in [7, 11) is 0. The van der Waals surface area contributed by atoms with Crippen LogP contribution in [0.3, 0.4) is 0 Å². The van der Waals surface area contributed by atoms with Gasteiger partial charge >= 0.3 is 5.97 Å². The second-order valence-electron chi connectivity index (χ2n) is 6.49. The predicted octanol–water partition coefficient (Wildman–Crippen LogP) is 3.68. The number of carbonyl (C=O) groups is 2. The maximum Gasteiger partial charge on any atom is 0.328 e. The smallest absolute Gasteiger partial charge is 0.328 e. The number of hydrogen-bond donors (Lipinski definition) is 1. The van der Waals surface area contributed by atoms with Crippen molar-refractivity contribution in [3.8, 4) is 0 Å². The monoisotopic (exact) mass is 338 g/mol. The van der Waals surface area contributed by atoms with Gasteiger partial charge in [-0.05, 0) is 25.2 Å². The van der Waals surface area contributed by atoms with E-state index >= 15 is 0 Å². The average Bonchev–Trinajstić information content (AvgIpc) is 3.03. The lowest BCUT2D eigenvalue weighted by atomic mass is 9.99. The molecule has 0 aliphatic rings. The summed E-state index contributed by atoms with van der Waals surface area (Å²) < 4.78 is 10.0. The number of carbonyl (C=O) groups excluding carboxylic acids is 2. The van der Waals surface area contributed by atoms with Crippen LogP contribution in [0.1, 0.15) is 82.3 Å². The summed E-state index contributed by atoms with van der Waals surface area (Å²) in [6.45, 7) is 10.2. The van der Waals surface area contributed by atoms with Crippen LogP contribution in [0.4, 0.5) is 0 Å². The molecule has 0 saturated carbocycles. The van der Waals surface area contributed by atoms with Crippen molar-refractivity contribution in [3.05, 3.63) is 17.5 Å². The third-order valence-electron chi connectivity index (χ3n) is 4.15. The third-order valence-corrected chi connectivity index (χ3v) is 4.15. The highest BCUT2D eigenvalue weighted by atomic mass is 16.5. The van der Waals surface area contributed by atoms with E-state index in [-0.39, 0.29) is 11.8 Å². The number of ether oxygens (including phenoxy) is 1. The van der Waals surface area contributed by atoms with Crippen molar-refractivity contribution < 1.29 is 18.8 Å². The van der Waals surface area contributed by atoms with E-state index in [9.17, 15) is 9.59 Å². The summed E-state index contributed by atoms with van der Waals surface area (Å²) in [5.74, 6) is -0.0655. The number of rotatable bonds is 10. The molecule has 0 fully saturated rings. The standard InChI is InChI=1S/C18H30N2O4/c1-6-13(5)9-8-10-15(18(22)23-7-2)19-17(21)14-11-24-20-16(14)12(3)4/h11-13,15H,6-10H2,1-5H3,(H,19,21). The molecule has 1 rings (SSSR count). The molecule has 1 aromatic heterocycles. The maximum absolute atomic E-state index is 12.5. The molecule has 0 spiro atoms. The Balaban J connectivity index is 2.74. The molecule has 6 heteroatoms. The highest BCUT2D eigenvalue weighted by Crippen LogP contribution is 2.18. The molecule has 0 aromatic carbocycles. The second kappa shape index (κ2) is 10.1. The molecular weight excluding hydrogens is 308 g/mol. The molecule has 0 saturated heterocycles. The zero-order chi connectivity index (χ0) is 18.1. The minimum absolute atomic E-state index is 0.0657. The van der Waals surface area contributed by atoms with Crippen molar-refractivity contribution in [3.63, 3.8) is 0 Å². The van der Waals surface area contributed by atoms with Gasteiger partial charge in [0, 0.05) is 0 Å². The summed E-state index contributed by atoms with van der Waals surface area (Å²) in [6, 6.07) is -0.642. The number of amides is 1. The molecule has 0 bridgehead atoms. The largest absolute Gasteiger partial charge is 0.464 e. The summed E-state index contributed by atoms with van der Waals surface area (Å²) in [4.78, 5) is 24.6. The highest BCUT2D eigenvalue weighted by Gasteiger charge is 2.25. The van der Waals surface area contributed by atoms with Crippen molar-refractivity contribution >= 4 is 11.9 Å². The number of nitrogens with zero attached hydrogens (tertiary/aromatic N) is 1. The zero-order valence-corrected chi connectivity index (χ0v) is 15.4. The van der Waals surface area contributed by atoms with E-state index in [4.69, 9.17) is 9.26 Å². The fourth-order valence-corrected chi connectivity index (χ4v) is 2.43. The van der Waals surface area contributed by atoms with Gasteiger partial charge < -0.3 is 14.6 Å². The lowest BCUT2D eigenvalue weighted by Crippen LogP contribution is -2.42. The number of aromatic nitrogens is 1. The van der Waals surface area contributed by atoms with Gasteiger partial charge in [-0.3, -0.25) is 4.79 Å². The molecule has 0 aliphatic heterocycles. The molecule has 2 atom stereocenters. The SMILES string of the molecule is CCOC(=O)C(CCCC(C)CC)NC(=O)c1conc1C(C)C. The van der Waals surface area contributed by atoms with Gasteiger partial charge in [-0.1, -0.05) is 52.1 Å². The van der Waals surface area contributed by atoms with Crippen molar-refractivity contribution in [2.75, 3.05) is 6.61 Å². The fraction of sp³-hybridized carbons (Fsp3) is 0.722. The number of nitrogens with one attached hydrogen (secondary N) is 1. The van der Waals surface area contributed by atoms with Crippen LogP contribution >= 0.6 is 0 Å². The Morgan fingerprint density at radius 3 is 2.54 bits per heavy atom. The van der Waals surface area contributed by atoms with Gasteiger partial charge in [0.15, 0.2) is 0 Å². The van der Waals surface area contributed by atoms with Gasteiger partial charge in [-0.2, -0.15) is 0 Å². The van der Waals surface area contributed by atoms with Gasteiger partial charge in [0.2, 0.25) is 0 Å². The van der Waals surface area contributed by atoms with E-state index in [1.807, 2.05) is 13.8 Å². The molecular formula is C18H30N2O4. The Hall–Kier alpha value is -1.85. The fourth-order valence-electron chi connectivity index (χ4n) is 2.43. The first-order valence-electron chi connectivity index (χ1n) is 8.82. The summed E-state index contributed by atoms with van der Waals surface area (Å²) >= 11 is 0. The van der Waals surface area contributed by atoms with E-state index in [0.717, 1.165) is 19.3 Å². The Labute approximate surface area is 144 Å². The zero-order valence-electron chi connectivity index (χ0n) is 15.4. The molecule has 1 heterocycles. The molecule has 1 N–H and O–H groups in total. The van der Waals surface area contributed by atoms with Crippen LogP contribution in [0.15, 0.2) is 10.8 Å². The van der Waals surface area contributed by atoms with E-state index < -0.39 is 12.0 Å². The highest BCUT2D eigenvalue weighted by molar-refractivity contribution is 5.97. The maximum atomic E-state index is 12.5. The Morgan fingerprint density at radius 1 is 1.25 bits per heavy atom. The first-order chi connectivity index (χ1) is 11.4. The summed E-state index contributed by atoms with van der Waals surface area (Å²) in [5.41, 5.74) is 0.968. The van der Waals surface area contributed by atoms with Crippen molar-refractivity contribution in [2.24, 2.45) is 5.92 Å². The van der Waals surface area contributed by atoms with Gasteiger partial charge in [-0.15, -0.1) is 0 Å². The second-order valence-corrected chi connectivity index (χ2v) is 6.49. The summed E-state index contributed by atoms with van der Waals surface area (Å²) in [6.07, 6.45) is 4.88. The van der Waals surface area contributed by atoms with Gasteiger partial charge in [0.1, 0.15) is 17.9 Å². The van der Waals surface area contributed by atoms with Crippen molar-refractivity contribution in [1.82, 2.24) is 10.5 Å². The van der Waals surface area contributed by atoms with E-state index in [2.05, 4.69) is 24.3 Å². The van der Waals surface area contributed by atoms with Gasteiger partial charge in [0.25, 0.3) is 5.91 Å². The molecule has 6 nitrogen and oxygen atoms in total. The van der Waals surface area contributed by atoms with Crippen LogP contribution in [-0.4, -0.2) is 29.7 Å². The van der Waals surface area contributed by atoms with E-state index in [0.29, 0.717) is 30.2 Å². The van der Waals surface area contributed by atoms with Gasteiger partial charge in [-0.25, -0.2) is 4.79 Å². The minimum Gasteiger partial charge on any atom is -0.464 e. The van der Waals surface area contributed by atoms with E-state index in [1.165, 1.54) is 6.26 Å². The molecule has 1 amide bonds. The first kappa shape index (κ1) is 20.2. The molecule has 1 aromatic rings. The van der Waals surface area contributed by atoms with E-state index in [1.54, 1.807) is 6.92 Å². The predicted molar refractivity (Wildman–Crippen MR) is 91.8 cm³/mol. The number of esters is 1. The molecule has 0 radical (unpaired) electrons. The lowest BCUT2D eigenvalue weighted by molar-refractivity contribution is -0.145. The molecule has 0 aliphatic carbocycles.